The van der Waals surface area contributed by atoms with Crippen LogP contribution in [-0.4, -0.2) is 12.0 Å². The summed E-state index contributed by atoms with van der Waals surface area (Å²) in [6.07, 6.45) is 1.83. The lowest BCUT2D eigenvalue weighted by Crippen LogP contribution is -1.91. The summed E-state index contributed by atoms with van der Waals surface area (Å²) in [5.41, 5.74) is 1.34. The van der Waals surface area contributed by atoms with Crippen molar-refractivity contribution in [1.82, 2.24) is 4.98 Å². The molecule has 0 aliphatic heterocycles. The van der Waals surface area contributed by atoms with Crippen molar-refractivity contribution in [3.8, 4) is 0 Å². The topological polar surface area (TPSA) is 24.9 Å². The first-order chi connectivity index (χ1) is 7.88. The van der Waals surface area contributed by atoms with Crippen molar-refractivity contribution >= 4 is 17.6 Å². The van der Waals surface area contributed by atoms with Gasteiger partial charge in [-0.3, -0.25) is 0 Å². The van der Waals surface area contributed by atoms with Gasteiger partial charge in [0.05, 0.1) is 0 Å². The molecule has 1 heterocycles. The van der Waals surface area contributed by atoms with Gasteiger partial charge in [0.25, 0.3) is 0 Å². The van der Waals surface area contributed by atoms with E-state index in [1.165, 1.54) is 10.5 Å². The second kappa shape index (κ2) is 5.56. The van der Waals surface area contributed by atoms with Gasteiger partial charge in [-0.2, -0.15) is 0 Å². The van der Waals surface area contributed by atoms with Gasteiger partial charge in [-0.1, -0.05) is 30.3 Å². The van der Waals surface area contributed by atoms with Crippen LogP contribution in [0.4, 0.5) is 5.82 Å². The molecule has 2 nitrogen and oxygen atoms in total. The highest BCUT2D eigenvalue weighted by molar-refractivity contribution is 7.98. The van der Waals surface area contributed by atoms with Gasteiger partial charge in [-0.15, -0.1) is 11.8 Å². The van der Waals surface area contributed by atoms with Gasteiger partial charge in [0.15, 0.2) is 0 Å². The predicted molar refractivity (Wildman–Crippen MR) is 69.8 cm³/mol. The number of aromatic nitrogens is 1. The van der Waals surface area contributed by atoms with Crippen LogP contribution in [0.2, 0.25) is 0 Å². The lowest BCUT2D eigenvalue weighted by atomic mass is 10.2. The average Bonchev–Trinajstić information content (AvgIpc) is 2.38. The van der Waals surface area contributed by atoms with Gasteiger partial charge in [0, 0.05) is 23.9 Å². The summed E-state index contributed by atoms with van der Waals surface area (Å²) >= 11 is 1.82. The Morgan fingerprint density at radius 1 is 1.19 bits per heavy atom. The van der Waals surface area contributed by atoms with Crippen molar-refractivity contribution in [1.29, 1.82) is 0 Å². The summed E-state index contributed by atoms with van der Waals surface area (Å²) in [5.74, 6) is 1.91. The molecule has 2 aromatic rings. The number of thioether (sulfide) groups is 1. The molecule has 3 heteroatoms. The van der Waals surface area contributed by atoms with Gasteiger partial charge in [0.1, 0.15) is 5.82 Å². The monoisotopic (exact) mass is 230 g/mol. The van der Waals surface area contributed by atoms with E-state index in [2.05, 4.69) is 40.6 Å². The van der Waals surface area contributed by atoms with Crippen LogP contribution in [0.5, 0.6) is 0 Å². The van der Waals surface area contributed by atoms with Crippen LogP contribution in [0.3, 0.4) is 0 Å². The standard InChI is InChI=1S/C13H14N2S/c1-14-13-9-12(7-8-15-13)16-10-11-5-3-2-4-6-11/h2-9H,10H2,1H3,(H,14,15). The van der Waals surface area contributed by atoms with Crippen molar-refractivity contribution in [2.24, 2.45) is 0 Å². The molecule has 0 bridgehead atoms. The highest BCUT2D eigenvalue weighted by atomic mass is 32.2. The highest BCUT2D eigenvalue weighted by Crippen LogP contribution is 2.23. The third kappa shape index (κ3) is 3.00. The normalized spacial score (nSPS) is 10.1. The third-order valence-electron chi connectivity index (χ3n) is 2.24. The maximum atomic E-state index is 4.19. The van der Waals surface area contributed by atoms with Gasteiger partial charge in [-0.25, -0.2) is 4.98 Å². The summed E-state index contributed by atoms with van der Waals surface area (Å²) in [5, 5.41) is 3.04. The molecule has 0 saturated carbocycles. The average molecular weight is 230 g/mol. The van der Waals surface area contributed by atoms with Crippen molar-refractivity contribution < 1.29 is 0 Å². The van der Waals surface area contributed by atoms with Crippen LogP contribution in [0.15, 0.2) is 53.6 Å². The fraction of sp³-hybridized carbons (Fsp3) is 0.154. The summed E-state index contributed by atoms with van der Waals surface area (Å²) in [4.78, 5) is 5.43. The molecule has 0 aliphatic carbocycles. The quantitative estimate of drug-likeness (QED) is 0.815. The molecule has 0 radical (unpaired) electrons. The lowest BCUT2D eigenvalue weighted by molar-refractivity contribution is 1.23. The van der Waals surface area contributed by atoms with Crippen LogP contribution in [0, 0.1) is 0 Å². The molecular weight excluding hydrogens is 216 g/mol. The molecule has 1 N–H and O–H groups in total. The maximum Gasteiger partial charge on any atom is 0.126 e. The predicted octanol–water partition coefficient (Wildman–Crippen LogP) is 3.42. The summed E-state index contributed by atoms with van der Waals surface area (Å²) in [6.45, 7) is 0. The maximum absolute atomic E-state index is 4.19. The minimum Gasteiger partial charge on any atom is -0.373 e. The van der Waals surface area contributed by atoms with Crippen molar-refractivity contribution in [2.45, 2.75) is 10.6 Å². The molecule has 1 aromatic heterocycles. The number of hydrogen-bond acceptors (Lipinski definition) is 3. The minimum atomic E-state index is 0.915. The van der Waals surface area contributed by atoms with Gasteiger partial charge in [0.2, 0.25) is 0 Å². The second-order valence-corrected chi connectivity index (χ2v) is 4.45. The molecule has 0 atom stereocenters. The van der Waals surface area contributed by atoms with E-state index in [1.54, 1.807) is 0 Å². The van der Waals surface area contributed by atoms with E-state index in [1.807, 2.05) is 37.1 Å². The van der Waals surface area contributed by atoms with Crippen molar-refractivity contribution in [3.05, 3.63) is 54.2 Å². The first kappa shape index (κ1) is 11.0. The number of anilines is 1. The number of rotatable bonds is 4. The van der Waals surface area contributed by atoms with E-state index in [9.17, 15) is 0 Å². The fourth-order valence-corrected chi connectivity index (χ4v) is 2.26. The zero-order valence-corrected chi connectivity index (χ0v) is 10.00. The first-order valence-electron chi connectivity index (χ1n) is 5.19. The Hall–Kier alpha value is -1.48. The Morgan fingerprint density at radius 2 is 2.00 bits per heavy atom. The van der Waals surface area contributed by atoms with E-state index in [4.69, 9.17) is 0 Å². The summed E-state index contributed by atoms with van der Waals surface area (Å²) < 4.78 is 0. The fourth-order valence-electron chi connectivity index (χ4n) is 1.38. The number of pyridine rings is 1. The SMILES string of the molecule is CNc1cc(SCc2ccccc2)ccn1. The Bertz CT molecular complexity index is 443. The van der Waals surface area contributed by atoms with Crippen molar-refractivity contribution in [3.63, 3.8) is 0 Å². The molecular formula is C13H14N2S. The Balaban J connectivity index is 1.99. The smallest absolute Gasteiger partial charge is 0.126 e. The number of nitrogens with one attached hydrogen (secondary N) is 1. The van der Waals surface area contributed by atoms with Crippen LogP contribution >= 0.6 is 11.8 Å². The first-order valence-corrected chi connectivity index (χ1v) is 6.17. The van der Waals surface area contributed by atoms with E-state index in [-0.39, 0.29) is 0 Å². The molecule has 0 saturated heterocycles. The van der Waals surface area contributed by atoms with Crippen LogP contribution < -0.4 is 5.32 Å². The van der Waals surface area contributed by atoms with Gasteiger partial charge in [-0.05, 0) is 17.7 Å². The summed E-state index contributed by atoms with van der Waals surface area (Å²) in [7, 11) is 1.88. The van der Waals surface area contributed by atoms with E-state index in [0.29, 0.717) is 0 Å². The molecule has 0 amide bonds. The molecule has 0 unspecified atom stereocenters. The van der Waals surface area contributed by atoms with Crippen LogP contribution in [0.25, 0.3) is 0 Å². The van der Waals surface area contributed by atoms with Crippen LogP contribution in [0.1, 0.15) is 5.56 Å². The number of benzene rings is 1. The third-order valence-corrected chi connectivity index (χ3v) is 3.30. The molecule has 2 rings (SSSR count). The molecule has 16 heavy (non-hydrogen) atoms. The Labute approximate surface area is 100 Å². The molecule has 82 valence electrons. The minimum absolute atomic E-state index is 0.915. The van der Waals surface area contributed by atoms with Crippen LogP contribution in [-0.2, 0) is 5.75 Å². The number of nitrogens with zero attached hydrogens (tertiary/aromatic N) is 1. The zero-order valence-electron chi connectivity index (χ0n) is 9.18. The van der Waals surface area contributed by atoms with Crippen molar-refractivity contribution in [2.75, 3.05) is 12.4 Å². The van der Waals surface area contributed by atoms with E-state index >= 15 is 0 Å². The summed E-state index contributed by atoms with van der Waals surface area (Å²) in [6, 6.07) is 14.6. The largest absolute Gasteiger partial charge is 0.373 e. The lowest BCUT2D eigenvalue weighted by Gasteiger charge is -2.04. The Kier molecular flexibility index (Phi) is 3.83. The highest BCUT2D eigenvalue weighted by Gasteiger charge is 1.97. The number of hydrogen-bond donors (Lipinski definition) is 1. The Morgan fingerprint density at radius 3 is 2.75 bits per heavy atom. The van der Waals surface area contributed by atoms with Gasteiger partial charge >= 0.3 is 0 Å². The molecule has 1 aromatic carbocycles. The molecule has 0 fully saturated rings. The van der Waals surface area contributed by atoms with E-state index < -0.39 is 0 Å². The second-order valence-electron chi connectivity index (χ2n) is 3.40. The van der Waals surface area contributed by atoms with E-state index in [0.717, 1.165) is 11.6 Å². The zero-order chi connectivity index (χ0) is 11.2. The van der Waals surface area contributed by atoms with Gasteiger partial charge < -0.3 is 5.32 Å². The molecule has 0 aliphatic rings. The molecule has 0 spiro atoms.